The number of aliphatic hydroxyl groups is 2. The first-order valence-electron chi connectivity index (χ1n) is 3.62. The van der Waals surface area contributed by atoms with Crippen LogP contribution in [0.5, 0.6) is 0 Å². The predicted molar refractivity (Wildman–Crippen MR) is 47.7 cm³/mol. The molecule has 4 N–H and O–H groups in total. The van der Waals surface area contributed by atoms with E-state index >= 15 is 0 Å². The van der Waals surface area contributed by atoms with Gasteiger partial charge < -0.3 is 15.9 Å². The number of thiazole rings is 1. The topological polar surface area (TPSA) is 114 Å². The molecule has 0 aliphatic carbocycles. The van der Waals surface area contributed by atoms with Gasteiger partial charge in [-0.1, -0.05) is 0 Å². The number of aldehydes is 1. The van der Waals surface area contributed by atoms with Gasteiger partial charge in [0.05, 0.1) is 0 Å². The molecule has 0 aromatic carbocycles. The highest BCUT2D eigenvalue weighted by atomic mass is 32.1. The molecule has 7 heteroatoms. The summed E-state index contributed by atoms with van der Waals surface area (Å²) >= 11 is 0.968. The Hall–Kier alpha value is -1.31. The van der Waals surface area contributed by atoms with Gasteiger partial charge in [-0.05, 0) is 0 Å². The van der Waals surface area contributed by atoms with Crippen LogP contribution in [0.4, 0.5) is 0 Å². The fourth-order valence-electron chi connectivity index (χ4n) is 0.781. The molecule has 14 heavy (non-hydrogen) atoms. The van der Waals surface area contributed by atoms with Crippen molar-refractivity contribution in [2.45, 2.75) is 12.2 Å². The Morgan fingerprint density at radius 2 is 2.29 bits per heavy atom. The number of aromatic nitrogens is 1. The molecule has 0 aliphatic rings. The van der Waals surface area contributed by atoms with Gasteiger partial charge in [0.2, 0.25) is 5.91 Å². The van der Waals surface area contributed by atoms with E-state index in [1.807, 2.05) is 0 Å². The number of amides is 1. The number of rotatable bonds is 4. The third-order valence-electron chi connectivity index (χ3n) is 1.50. The lowest BCUT2D eigenvalue weighted by atomic mass is 10.2. The smallest absolute Gasteiger partial charge is 0.249 e. The van der Waals surface area contributed by atoms with Gasteiger partial charge in [-0.2, -0.15) is 0 Å². The second-order valence-electron chi connectivity index (χ2n) is 2.52. The van der Waals surface area contributed by atoms with E-state index in [4.69, 9.17) is 10.8 Å². The molecule has 1 amide bonds. The third kappa shape index (κ3) is 2.13. The highest BCUT2D eigenvalue weighted by molar-refractivity contribution is 7.09. The molecule has 0 radical (unpaired) electrons. The molecule has 1 heterocycles. The van der Waals surface area contributed by atoms with Crippen LogP contribution >= 0.6 is 11.3 Å². The Bertz CT molecular complexity index is 351. The van der Waals surface area contributed by atoms with Gasteiger partial charge in [0.25, 0.3) is 0 Å². The van der Waals surface area contributed by atoms with E-state index in [-0.39, 0.29) is 10.7 Å². The van der Waals surface area contributed by atoms with E-state index < -0.39 is 18.1 Å². The molecular weight excluding hydrogens is 208 g/mol. The first-order chi connectivity index (χ1) is 6.56. The number of carbonyl (C=O) groups is 2. The summed E-state index contributed by atoms with van der Waals surface area (Å²) in [4.78, 5) is 24.4. The van der Waals surface area contributed by atoms with Gasteiger partial charge in [0.1, 0.15) is 16.8 Å². The maximum Gasteiger partial charge on any atom is 0.249 e. The fourth-order valence-corrected chi connectivity index (χ4v) is 1.56. The van der Waals surface area contributed by atoms with Crippen LogP contribution in [0.3, 0.4) is 0 Å². The lowest BCUT2D eigenvalue weighted by Crippen LogP contribution is -2.33. The summed E-state index contributed by atoms with van der Waals surface area (Å²) in [6.45, 7) is 0. The summed E-state index contributed by atoms with van der Waals surface area (Å²) < 4.78 is 0. The van der Waals surface area contributed by atoms with Gasteiger partial charge in [-0.15, -0.1) is 11.3 Å². The minimum Gasteiger partial charge on any atom is -0.383 e. The zero-order valence-corrected chi connectivity index (χ0v) is 7.77. The van der Waals surface area contributed by atoms with Crippen LogP contribution in [0.25, 0.3) is 0 Å². The van der Waals surface area contributed by atoms with Gasteiger partial charge >= 0.3 is 0 Å². The average Bonchev–Trinajstić information content (AvgIpc) is 2.63. The molecule has 76 valence electrons. The Morgan fingerprint density at radius 3 is 2.71 bits per heavy atom. The molecule has 0 saturated carbocycles. The van der Waals surface area contributed by atoms with Crippen molar-refractivity contribution in [2.24, 2.45) is 5.73 Å². The third-order valence-corrected chi connectivity index (χ3v) is 2.44. The summed E-state index contributed by atoms with van der Waals surface area (Å²) in [5.74, 6) is -1.04. The van der Waals surface area contributed by atoms with E-state index in [2.05, 4.69) is 4.98 Å². The van der Waals surface area contributed by atoms with Crippen LogP contribution in [-0.2, 0) is 4.79 Å². The van der Waals surface area contributed by atoms with Crippen molar-refractivity contribution in [1.82, 2.24) is 4.98 Å². The van der Waals surface area contributed by atoms with Crippen LogP contribution < -0.4 is 5.73 Å². The summed E-state index contributed by atoms with van der Waals surface area (Å²) in [6, 6.07) is 0. The largest absolute Gasteiger partial charge is 0.383 e. The van der Waals surface area contributed by atoms with Crippen LogP contribution in [-0.4, -0.2) is 33.5 Å². The molecular formula is C7H8N2O4S. The second kappa shape index (κ2) is 4.27. The zero-order valence-electron chi connectivity index (χ0n) is 6.95. The molecule has 1 aromatic rings. The van der Waals surface area contributed by atoms with E-state index in [9.17, 15) is 14.7 Å². The lowest BCUT2D eigenvalue weighted by Gasteiger charge is -2.11. The Kier molecular flexibility index (Phi) is 3.28. The maximum absolute atomic E-state index is 10.5. The lowest BCUT2D eigenvalue weighted by molar-refractivity contribution is -0.131. The van der Waals surface area contributed by atoms with Crippen molar-refractivity contribution in [2.75, 3.05) is 0 Å². The number of carbonyl (C=O) groups excluding carboxylic acids is 2. The molecule has 0 bridgehead atoms. The van der Waals surface area contributed by atoms with E-state index in [1.54, 1.807) is 0 Å². The molecule has 6 nitrogen and oxygen atoms in total. The Balaban J connectivity index is 2.83. The maximum atomic E-state index is 10.5. The molecule has 0 spiro atoms. The van der Waals surface area contributed by atoms with Gasteiger partial charge in [0, 0.05) is 5.38 Å². The fraction of sp³-hybridized carbons (Fsp3) is 0.286. The number of aliphatic hydroxyl groups excluding tert-OH is 2. The highest BCUT2D eigenvalue weighted by Gasteiger charge is 2.25. The summed E-state index contributed by atoms with van der Waals surface area (Å²) in [5.41, 5.74) is 4.91. The van der Waals surface area contributed by atoms with E-state index in [0.717, 1.165) is 11.3 Å². The first kappa shape index (κ1) is 10.8. The molecule has 0 fully saturated rings. The minimum atomic E-state index is -1.71. The van der Waals surface area contributed by atoms with Gasteiger partial charge in [-0.3, -0.25) is 9.59 Å². The second-order valence-corrected chi connectivity index (χ2v) is 3.41. The monoisotopic (exact) mass is 216 g/mol. The summed E-state index contributed by atoms with van der Waals surface area (Å²) in [7, 11) is 0. The van der Waals surface area contributed by atoms with Crippen LogP contribution in [0.1, 0.15) is 21.6 Å². The Labute approximate surface area is 83.0 Å². The van der Waals surface area contributed by atoms with Crippen LogP contribution in [0.2, 0.25) is 0 Å². The van der Waals surface area contributed by atoms with Crippen molar-refractivity contribution in [3.63, 3.8) is 0 Å². The standard InChI is InChI=1S/C7H8N2O4S/c8-6(13)4(11)5(12)7-9-3(1-10)2-14-7/h1-2,4-5,11-12H,(H2,8,13). The number of hydrogen-bond donors (Lipinski definition) is 3. The number of primary amides is 1. The molecule has 2 atom stereocenters. The van der Waals surface area contributed by atoms with E-state index in [1.165, 1.54) is 5.38 Å². The predicted octanol–water partition coefficient (Wildman–Crippen LogP) is -1.16. The average molecular weight is 216 g/mol. The number of nitrogens with zero attached hydrogens (tertiary/aromatic N) is 1. The molecule has 0 saturated heterocycles. The SMILES string of the molecule is NC(=O)C(O)C(O)c1nc(C=O)cs1. The number of hydrogen-bond acceptors (Lipinski definition) is 6. The van der Waals surface area contributed by atoms with Crippen LogP contribution in [0.15, 0.2) is 5.38 Å². The number of nitrogens with two attached hydrogens (primary N) is 1. The van der Waals surface area contributed by atoms with Crippen LogP contribution in [0, 0.1) is 0 Å². The first-order valence-corrected chi connectivity index (χ1v) is 4.50. The van der Waals surface area contributed by atoms with Crippen molar-refractivity contribution in [1.29, 1.82) is 0 Å². The zero-order chi connectivity index (χ0) is 10.7. The summed E-state index contributed by atoms with van der Waals surface area (Å²) in [5, 5.41) is 19.9. The Morgan fingerprint density at radius 1 is 1.64 bits per heavy atom. The van der Waals surface area contributed by atoms with E-state index in [0.29, 0.717) is 6.29 Å². The molecule has 2 unspecified atom stereocenters. The van der Waals surface area contributed by atoms with Crippen molar-refractivity contribution in [3.8, 4) is 0 Å². The molecule has 1 rings (SSSR count). The molecule has 1 aromatic heterocycles. The van der Waals surface area contributed by atoms with Crippen molar-refractivity contribution >= 4 is 23.5 Å². The van der Waals surface area contributed by atoms with Crippen molar-refractivity contribution in [3.05, 3.63) is 16.1 Å². The summed E-state index contributed by atoms with van der Waals surface area (Å²) in [6.07, 6.45) is -2.68. The van der Waals surface area contributed by atoms with Crippen molar-refractivity contribution < 1.29 is 19.8 Å². The minimum absolute atomic E-state index is 0.0819. The van der Waals surface area contributed by atoms with Gasteiger partial charge in [0.15, 0.2) is 12.4 Å². The quantitative estimate of drug-likeness (QED) is 0.549. The molecule has 0 aliphatic heterocycles. The highest BCUT2D eigenvalue weighted by Crippen LogP contribution is 2.20. The van der Waals surface area contributed by atoms with Gasteiger partial charge in [-0.25, -0.2) is 4.98 Å². The normalized spacial score (nSPS) is 14.7.